The van der Waals surface area contributed by atoms with Gasteiger partial charge >= 0.3 is 0 Å². The van der Waals surface area contributed by atoms with Crippen LogP contribution in [0.4, 0.5) is 17.3 Å². The van der Waals surface area contributed by atoms with E-state index in [1.807, 2.05) is 18.9 Å². The fraction of sp³-hybridized carbons (Fsp3) is 0.522. The van der Waals surface area contributed by atoms with Gasteiger partial charge in [-0.1, -0.05) is 6.07 Å². The number of likely N-dealkylation sites (N-methyl/N-ethyl adjacent to an activating group) is 1. The third-order valence-electron chi connectivity index (χ3n) is 5.36. The molecule has 1 aliphatic heterocycles. The molecule has 1 fully saturated rings. The number of carbonyl (C=O) groups is 1. The van der Waals surface area contributed by atoms with Crippen LogP contribution >= 0.6 is 0 Å². The molecule has 1 aliphatic rings. The van der Waals surface area contributed by atoms with E-state index in [9.17, 15) is 14.9 Å². The van der Waals surface area contributed by atoms with Crippen molar-refractivity contribution in [3.8, 4) is 5.88 Å². The average molecular weight is 489 g/mol. The van der Waals surface area contributed by atoms with Gasteiger partial charge in [0.05, 0.1) is 24.7 Å². The number of anilines is 2. The van der Waals surface area contributed by atoms with Gasteiger partial charge in [0.15, 0.2) is 0 Å². The number of rotatable bonds is 12. The second kappa shape index (κ2) is 12.9. The van der Waals surface area contributed by atoms with Gasteiger partial charge in [-0.2, -0.15) is 4.98 Å². The fourth-order valence-electron chi connectivity index (χ4n) is 3.39. The molecule has 2 aromatic rings. The van der Waals surface area contributed by atoms with E-state index in [0.29, 0.717) is 58.6 Å². The summed E-state index contributed by atoms with van der Waals surface area (Å²) < 4.78 is 16.6. The Balaban J connectivity index is 1.77. The van der Waals surface area contributed by atoms with Gasteiger partial charge in [0.25, 0.3) is 11.6 Å². The second-order valence-corrected chi connectivity index (χ2v) is 8.07. The van der Waals surface area contributed by atoms with Crippen LogP contribution in [0.2, 0.25) is 0 Å². The van der Waals surface area contributed by atoms with Gasteiger partial charge in [0, 0.05) is 44.9 Å². The Hall–Kier alpha value is -3.35. The average Bonchev–Trinajstić information content (AvgIpc) is 2.84. The van der Waals surface area contributed by atoms with E-state index in [2.05, 4.69) is 20.2 Å². The van der Waals surface area contributed by atoms with Crippen molar-refractivity contribution in [2.75, 3.05) is 76.5 Å². The smallest absolute Gasteiger partial charge is 0.292 e. The zero-order chi connectivity index (χ0) is 25.2. The molecule has 0 saturated carbocycles. The summed E-state index contributed by atoms with van der Waals surface area (Å²) >= 11 is 0. The number of amides is 1. The molecule has 1 N–H and O–H groups in total. The van der Waals surface area contributed by atoms with Gasteiger partial charge in [-0.05, 0) is 32.5 Å². The SMILES string of the molecule is CCOCCN(C)CCOc1cc(C(=O)Nc2cc(C)ccc2[N+](=O)[O-])nc(N2CCOCC2)n1. The lowest BCUT2D eigenvalue weighted by molar-refractivity contribution is -0.383. The lowest BCUT2D eigenvalue weighted by Crippen LogP contribution is -2.37. The number of aromatic nitrogens is 2. The van der Waals surface area contributed by atoms with Crippen LogP contribution in [-0.2, 0) is 9.47 Å². The molecule has 0 radical (unpaired) electrons. The number of aryl methyl sites for hydroxylation is 1. The number of nitro benzene ring substituents is 1. The quantitative estimate of drug-likeness (QED) is 0.269. The van der Waals surface area contributed by atoms with Crippen molar-refractivity contribution in [1.29, 1.82) is 0 Å². The molecule has 190 valence electrons. The van der Waals surface area contributed by atoms with Crippen molar-refractivity contribution in [1.82, 2.24) is 14.9 Å². The third kappa shape index (κ3) is 7.84. The van der Waals surface area contributed by atoms with Gasteiger partial charge in [-0.15, -0.1) is 0 Å². The first-order valence-corrected chi connectivity index (χ1v) is 11.5. The molecule has 35 heavy (non-hydrogen) atoms. The Bertz CT molecular complexity index is 1010. The third-order valence-corrected chi connectivity index (χ3v) is 5.36. The lowest BCUT2D eigenvalue weighted by Gasteiger charge is -2.27. The van der Waals surface area contributed by atoms with Crippen LogP contribution in [-0.4, -0.2) is 92.0 Å². The summed E-state index contributed by atoms with van der Waals surface area (Å²) in [4.78, 5) is 36.8. The molecule has 0 atom stereocenters. The minimum Gasteiger partial charge on any atom is -0.476 e. The monoisotopic (exact) mass is 488 g/mol. The summed E-state index contributed by atoms with van der Waals surface area (Å²) in [7, 11) is 1.97. The maximum Gasteiger partial charge on any atom is 0.292 e. The molecule has 0 unspecified atom stereocenters. The first-order valence-electron chi connectivity index (χ1n) is 11.5. The highest BCUT2D eigenvalue weighted by molar-refractivity contribution is 6.04. The zero-order valence-corrected chi connectivity index (χ0v) is 20.4. The highest BCUT2D eigenvalue weighted by atomic mass is 16.6. The molecule has 1 aromatic heterocycles. The lowest BCUT2D eigenvalue weighted by atomic mass is 10.2. The molecule has 12 nitrogen and oxygen atoms in total. The van der Waals surface area contributed by atoms with Crippen molar-refractivity contribution >= 4 is 23.2 Å². The maximum absolute atomic E-state index is 13.1. The summed E-state index contributed by atoms with van der Waals surface area (Å²) in [6, 6.07) is 5.98. The normalized spacial score (nSPS) is 13.7. The number of carbonyl (C=O) groups excluding carboxylic acids is 1. The van der Waals surface area contributed by atoms with Crippen molar-refractivity contribution in [2.24, 2.45) is 0 Å². The summed E-state index contributed by atoms with van der Waals surface area (Å²) in [5.41, 5.74) is 0.736. The van der Waals surface area contributed by atoms with E-state index in [1.54, 1.807) is 19.1 Å². The summed E-state index contributed by atoms with van der Waals surface area (Å²) in [5.74, 6) is 0.0114. The van der Waals surface area contributed by atoms with Crippen molar-refractivity contribution in [3.05, 3.63) is 45.6 Å². The van der Waals surface area contributed by atoms with Crippen LogP contribution in [0.25, 0.3) is 0 Å². The molecular formula is C23H32N6O6. The van der Waals surface area contributed by atoms with Crippen LogP contribution in [0.5, 0.6) is 5.88 Å². The molecule has 2 heterocycles. The zero-order valence-electron chi connectivity index (χ0n) is 20.4. The van der Waals surface area contributed by atoms with Crippen LogP contribution in [0.15, 0.2) is 24.3 Å². The van der Waals surface area contributed by atoms with E-state index < -0.39 is 10.8 Å². The Kier molecular flexibility index (Phi) is 9.70. The van der Waals surface area contributed by atoms with Gasteiger partial charge in [-0.3, -0.25) is 14.9 Å². The molecule has 1 aromatic carbocycles. The van der Waals surface area contributed by atoms with Crippen molar-refractivity contribution in [2.45, 2.75) is 13.8 Å². The van der Waals surface area contributed by atoms with Gasteiger partial charge in [-0.25, -0.2) is 4.98 Å². The van der Waals surface area contributed by atoms with E-state index in [4.69, 9.17) is 14.2 Å². The van der Waals surface area contributed by atoms with Crippen LogP contribution in [0, 0.1) is 17.0 Å². The number of nitrogens with zero attached hydrogens (tertiary/aromatic N) is 5. The van der Waals surface area contributed by atoms with Crippen LogP contribution < -0.4 is 15.0 Å². The summed E-state index contributed by atoms with van der Waals surface area (Å²) in [6.45, 7) is 9.01. The van der Waals surface area contributed by atoms with Gasteiger partial charge in [0.1, 0.15) is 18.0 Å². The largest absolute Gasteiger partial charge is 0.476 e. The van der Waals surface area contributed by atoms with E-state index >= 15 is 0 Å². The molecule has 3 rings (SSSR count). The number of nitrogens with one attached hydrogen (secondary N) is 1. The molecular weight excluding hydrogens is 456 g/mol. The second-order valence-electron chi connectivity index (χ2n) is 8.07. The minimum atomic E-state index is -0.589. The van der Waals surface area contributed by atoms with Crippen molar-refractivity contribution in [3.63, 3.8) is 0 Å². The molecule has 1 amide bonds. The molecule has 12 heteroatoms. The van der Waals surface area contributed by atoms with Crippen LogP contribution in [0.3, 0.4) is 0 Å². The highest BCUT2D eigenvalue weighted by Crippen LogP contribution is 2.26. The Morgan fingerprint density at radius 1 is 1.23 bits per heavy atom. The number of benzene rings is 1. The summed E-state index contributed by atoms with van der Waals surface area (Å²) in [6.07, 6.45) is 0. The van der Waals surface area contributed by atoms with E-state index in [0.717, 1.165) is 12.1 Å². The van der Waals surface area contributed by atoms with E-state index in [-0.39, 0.29) is 22.9 Å². The minimum absolute atomic E-state index is 0.0528. The van der Waals surface area contributed by atoms with Gasteiger partial charge < -0.3 is 29.3 Å². The summed E-state index contributed by atoms with van der Waals surface area (Å²) in [5, 5.41) is 14.0. The predicted molar refractivity (Wildman–Crippen MR) is 130 cm³/mol. The Labute approximate surface area is 204 Å². The number of nitro groups is 1. The first kappa shape index (κ1) is 26.3. The van der Waals surface area contributed by atoms with Crippen molar-refractivity contribution < 1.29 is 23.9 Å². The predicted octanol–water partition coefficient (Wildman–Crippen LogP) is 2.13. The first-order chi connectivity index (χ1) is 16.9. The molecule has 0 bridgehead atoms. The standard InChI is InChI=1S/C23H32N6O6/c1-4-33-11-7-27(3)8-14-35-21-16-19(25-23(26-21)28-9-12-34-13-10-28)22(30)24-18-15-17(2)5-6-20(18)29(31)32/h5-6,15-16H,4,7-14H2,1-3H3,(H,24,30). The van der Waals surface area contributed by atoms with E-state index in [1.165, 1.54) is 12.1 Å². The number of hydrogen-bond acceptors (Lipinski definition) is 10. The Morgan fingerprint density at radius 2 is 1.97 bits per heavy atom. The topological polar surface area (TPSA) is 132 Å². The number of hydrogen-bond donors (Lipinski definition) is 1. The van der Waals surface area contributed by atoms with Gasteiger partial charge in [0.2, 0.25) is 11.8 Å². The maximum atomic E-state index is 13.1. The molecule has 1 saturated heterocycles. The van der Waals surface area contributed by atoms with Crippen LogP contribution in [0.1, 0.15) is 23.0 Å². The number of ether oxygens (including phenoxy) is 3. The fourth-order valence-corrected chi connectivity index (χ4v) is 3.39. The Morgan fingerprint density at radius 3 is 2.69 bits per heavy atom. The molecule has 0 spiro atoms. The molecule has 0 aliphatic carbocycles. The number of morpholine rings is 1. The highest BCUT2D eigenvalue weighted by Gasteiger charge is 2.21.